The van der Waals surface area contributed by atoms with E-state index < -0.39 is 0 Å². The maximum Gasteiger partial charge on any atom is 0.0893 e. The molecule has 0 aromatic carbocycles. The van der Waals surface area contributed by atoms with E-state index in [1.807, 2.05) is 5.38 Å². The van der Waals surface area contributed by atoms with Crippen molar-refractivity contribution in [2.75, 3.05) is 0 Å². The van der Waals surface area contributed by atoms with Crippen LogP contribution in [0.1, 0.15) is 31.4 Å². The molecule has 2 fully saturated rings. The molecule has 1 heterocycles. The lowest BCUT2D eigenvalue weighted by atomic mass is 9.95. The second-order valence-electron chi connectivity index (χ2n) is 4.56. The zero-order valence-electron chi connectivity index (χ0n) is 8.15. The van der Waals surface area contributed by atoms with Gasteiger partial charge in [-0.3, -0.25) is 0 Å². The second-order valence-corrected chi connectivity index (χ2v) is 5.17. The van der Waals surface area contributed by atoms with Crippen molar-refractivity contribution in [3.8, 4) is 0 Å². The maximum atomic E-state index is 4.05. The molecule has 1 N–H and O–H groups in total. The quantitative estimate of drug-likeness (QED) is 0.825. The molecular weight excluding hydrogens is 194 g/mol. The molecule has 2 bridgehead atoms. The molecule has 2 aliphatic carbocycles. The Balaban J connectivity index is 1.54. The third kappa shape index (κ3) is 1.57. The Kier molecular flexibility index (Phi) is 2.25. The molecule has 0 aliphatic heterocycles. The number of rotatable bonds is 3. The minimum absolute atomic E-state index is 0.760. The Labute approximate surface area is 88.1 Å². The topological polar surface area (TPSA) is 37.8 Å². The van der Waals surface area contributed by atoms with Crippen LogP contribution in [-0.2, 0) is 6.54 Å². The van der Waals surface area contributed by atoms with Gasteiger partial charge in [0.15, 0.2) is 0 Å². The Morgan fingerprint density at radius 2 is 2.43 bits per heavy atom. The van der Waals surface area contributed by atoms with E-state index in [0.29, 0.717) is 0 Å². The van der Waals surface area contributed by atoms with Crippen LogP contribution in [0.4, 0.5) is 0 Å². The summed E-state index contributed by atoms with van der Waals surface area (Å²) in [6.45, 7) is 0.907. The molecule has 3 unspecified atom stereocenters. The van der Waals surface area contributed by atoms with Gasteiger partial charge in [0.25, 0.3) is 0 Å². The molecule has 14 heavy (non-hydrogen) atoms. The zero-order chi connectivity index (χ0) is 9.38. The molecule has 2 aliphatic rings. The Morgan fingerprint density at radius 3 is 3.07 bits per heavy atom. The van der Waals surface area contributed by atoms with Gasteiger partial charge in [-0.1, -0.05) is 10.9 Å². The van der Waals surface area contributed by atoms with E-state index in [1.165, 1.54) is 37.2 Å². The van der Waals surface area contributed by atoms with Crippen LogP contribution in [-0.4, -0.2) is 15.6 Å². The van der Waals surface area contributed by atoms with Crippen molar-refractivity contribution in [3.63, 3.8) is 0 Å². The average molecular weight is 209 g/mol. The van der Waals surface area contributed by atoms with Crippen molar-refractivity contribution in [2.45, 2.75) is 38.3 Å². The molecule has 1 aromatic heterocycles. The van der Waals surface area contributed by atoms with Crippen molar-refractivity contribution in [1.29, 1.82) is 0 Å². The molecule has 2 saturated carbocycles. The minimum Gasteiger partial charge on any atom is -0.308 e. The molecule has 4 heteroatoms. The van der Waals surface area contributed by atoms with Crippen molar-refractivity contribution in [3.05, 3.63) is 11.1 Å². The lowest BCUT2D eigenvalue weighted by Crippen LogP contribution is -2.33. The van der Waals surface area contributed by atoms with Crippen LogP contribution >= 0.6 is 11.5 Å². The van der Waals surface area contributed by atoms with E-state index in [-0.39, 0.29) is 0 Å². The molecule has 0 saturated heterocycles. The van der Waals surface area contributed by atoms with Gasteiger partial charge in [-0.05, 0) is 42.6 Å². The fourth-order valence-corrected chi connectivity index (χ4v) is 3.44. The van der Waals surface area contributed by atoms with Crippen LogP contribution < -0.4 is 5.32 Å². The maximum absolute atomic E-state index is 4.05. The average Bonchev–Trinajstić information content (AvgIpc) is 2.91. The van der Waals surface area contributed by atoms with Crippen molar-refractivity contribution >= 4 is 11.5 Å². The van der Waals surface area contributed by atoms with Crippen LogP contribution in [0.3, 0.4) is 0 Å². The summed E-state index contributed by atoms with van der Waals surface area (Å²) in [5.74, 6) is 1.97. The van der Waals surface area contributed by atoms with Gasteiger partial charge in [0.1, 0.15) is 0 Å². The van der Waals surface area contributed by atoms with E-state index in [4.69, 9.17) is 0 Å². The summed E-state index contributed by atoms with van der Waals surface area (Å²) in [7, 11) is 0. The highest BCUT2D eigenvalue weighted by Gasteiger charge is 2.38. The third-order valence-electron chi connectivity index (χ3n) is 3.69. The zero-order valence-corrected chi connectivity index (χ0v) is 8.96. The van der Waals surface area contributed by atoms with Crippen molar-refractivity contribution in [2.24, 2.45) is 11.8 Å². The van der Waals surface area contributed by atoms with Gasteiger partial charge in [0, 0.05) is 18.0 Å². The fraction of sp³-hybridized carbons (Fsp3) is 0.800. The molecule has 3 atom stereocenters. The number of nitrogens with zero attached hydrogens (tertiary/aromatic N) is 2. The minimum atomic E-state index is 0.760. The Hall–Kier alpha value is -0.480. The standard InChI is InChI=1S/C10H15N3S/c1-2-8-3-7(1)4-10(8)11-5-9-6-14-13-12-9/h6-8,10-11H,1-5H2. The smallest absolute Gasteiger partial charge is 0.0893 e. The molecule has 1 aromatic rings. The number of hydrogen-bond donors (Lipinski definition) is 1. The van der Waals surface area contributed by atoms with Crippen LogP contribution in [0.25, 0.3) is 0 Å². The molecule has 0 spiro atoms. The summed E-state index contributed by atoms with van der Waals surface area (Å²) in [5, 5.41) is 9.69. The van der Waals surface area contributed by atoms with Crippen LogP contribution in [0, 0.1) is 11.8 Å². The highest BCUT2D eigenvalue weighted by molar-refractivity contribution is 7.03. The highest BCUT2D eigenvalue weighted by Crippen LogP contribution is 2.44. The van der Waals surface area contributed by atoms with Gasteiger partial charge in [-0.15, -0.1) is 5.10 Å². The summed E-state index contributed by atoms with van der Waals surface area (Å²) >= 11 is 1.44. The fourth-order valence-electron chi connectivity index (χ4n) is 2.99. The van der Waals surface area contributed by atoms with Gasteiger partial charge < -0.3 is 5.32 Å². The summed E-state index contributed by atoms with van der Waals surface area (Å²) in [4.78, 5) is 0. The predicted molar refractivity (Wildman–Crippen MR) is 56.0 cm³/mol. The molecule has 3 nitrogen and oxygen atoms in total. The number of hydrogen-bond acceptors (Lipinski definition) is 4. The lowest BCUT2D eigenvalue weighted by molar-refractivity contribution is 0.349. The Morgan fingerprint density at radius 1 is 1.43 bits per heavy atom. The summed E-state index contributed by atoms with van der Waals surface area (Å²) < 4.78 is 3.87. The first-order valence-electron chi connectivity index (χ1n) is 5.41. The molecular formula is C10H15N3S. The van der Waals surface area contributed by atoms with Gasteiger partial charge in [0.2, 0.25) is 0 Å². The van der Waals surface area contributed by atoms with E-state index >= 15 is 0 Å². The first-order valence-corrected chi connectivity index (χ1v) is 6.25. The molecule has 0 amide bonds. The van der Waals surface area contributed by atoms with Crippen LogP contribution in [0.2, 0.25) is 0 Å². The predicted octanol–water partition coefficient (Wildman–Crippen LogP) is 1.82. The SMILES string of the molecule is c1snnc1CNC1CC2CCC1C2. The summed E-state index contributed by atoms with van der Waals surface area (Å²) in [6.07, 6.45) is 5.77. The van der Waals surface area contributed by atoms with E-state index in [1.54, 1.807) is 0 Å². The number of fused-ring (bicyclic) bond motifs is 2. The first kappa shape index (κ1) is 8.80. The van der Waals surface area contributed by atoms with E-state index in [0.717, 1.165) is 30.1 Å². The van der Waals surface area contributed by atoms with E-state index in [2.05, 4.69) is 14.9 Å². The number of nitrogens with one attached hydrogen (secondary N) is 1. The summed E-state index contributed by atoms with van der Waals surface area (Å²) in [5.41, 5.74) is 1.10. The molecule has 0 radical (unpaired) electrons. The van der Waals surface area contributed by atoms with Gasteiger partial charge in [-0.2, -0.15) is 0 Å². The largest absolute Gasteiger partial charge is 0.308 e. The normalized spacial score (nSPS) is 35.3. The Bertz CT molecular complexity index is 298. The van der Waals surface area contributed by atoms with Gasteiger partial charge >= 0.3 is 0 Å². The molecule has 3 rings (SSSR count). The van der Waals surface area contributed by atoms with Crippen molar-refractivity contribution < 1.29 is 0 Å². The van der Waals surface area contributed by atoms with Crippen LogP contribution in [0.15, 0.2) is 5.38 Å². The van der Waals surface area contributed by atoms with E-state index in [9.17, 15) is 0 Å². The summed E-state index contributed by atoms with van der Waals surface area (Å²) in [6, 6.07) is 0.760. The first-order chi connectivity index (χ1) is 6.92. The number of aromatic nitrogens is 2. The molecule has 76 valence electrons. The monoisotopic (exact) mass is 209 g/mol. The van der Waals surface area contributed by atoms with Gasteiger partial charge in [-0.25, -0.2) is 0 Å². The second kappa shape index (κ2) is 3.59. The van der Waals surface area contributed by atoms with Crippen molar-refractivity contribution in [1.82, 2.24) is 14.9 Å². The third-order valence-corrected chi connectivity index (χ3v) is 4.24. The highest BCUT2D eigenvalue weighted by atomic mass is 32.1. The van der Waals surface area contributed by atoms with Crippen LogP contribution in [0.5, 0.6) is 0 Å². The van der Waals surface area contributed by atoms with Gasteiger partial charge in [0.05, 0.1) is 5.69 Å². The lowest BCUT2D eigenvalue weighted by Gasteiger charge is -2.22.